The molecule has 1 aromatic heterocycles. The molecule has 0 atom stereocenters. The van der Waals surface area contributed by atoms with E-state index in [-0.39, 0.29) is 5.56 Å². The molecule has 3 heteroatoms. The molecule has 0 spiro atoms. The summed E-state index contributed by atoms with van der Waals surface area (Å²) in [7, 11) is 1.82. The highest BCUT2D eigenvalue weighted by molar-refractivity contribution is 5.86. The molecule has 0 unspecified atom stereocenters. The Morgan fingerprint density at radius 3 is 2.30 bits per heavy atom. The van der Waals surface area contributed by atoms with Crippen LogP contribution in [0.3, 0.4) is 0 Å². The zero-order chi connectivity index (χ0) is 7.56. The van der Waals surface area contributed by atoms with E-state index in [2.05, 4.69) is 0 Å². The van der Waals surface area contributed by atoms with Gasteiger partial charge >= 0.3 is 5.97 Å². The Labute approximate surface area is 58.5 Å². The first-order valence-corrected chi connectivity index (χ1v) is 2.87. The predicted molar refractivity (Wildman–Crippen MR) is 32.6 cm³/mol. The van der Waals surface area contributed by atoms with Crippen LogP contribution in [-0.2, 0) is 12.2 Å². The summed E-state index contributed by atoms with van der Waals surface area (Å²) in [5, 5.41) is 10.2. The summed E-state index contributed by atoms with van der Waals surface area (Å²) in [6.07, 6.45) is 3.32. The maximum atomic E-state index is 10.2. The van der Waals surface area contributed by atoms with E-state index in [4.69, 9.17) is 0 Å². The van der Waals surface area contributed by atoms with Gasteiger partial charge in [0.15, 0.2) is 12.4 Å². The lowest BCUT2D eigenvalue weighted by Crippen LogP contribution is -2.26. The van der Waals surface area contributed by atoms with Gasteiger partial charge in [-0.05, 0) is 0 Å². The third-order valence-electron chi connectivity index (χ3n) is 1.21. The standard InChI is InChI=1S/C7H7NO2/c1-8-4-2-6(3-5-8)7(9)10/h2-5H,1H3/q+1. The summed E-state index contributed by atoms with van der Waals surface area (Å²) in [5.74, 6) is -1.14. The predicted octanol–water partition coefficient (Wildman–Crippen LogP) is 0.0818. The van der Waals surface area contributed by atoms with Gasteiger partial charge in [0.1, 0.15) is 7.05 Å². The summed E-state index contributed by atoms with van der Waals surface area (Å²) in [4.78, 5) is 10.2. The molecule has 0 saturated carbocycles. The zero-order valence-electron chi connectivity index (χ0n) is 5.57. The van der Waals surface area contributed by atoms with Gasteiger partial charge in [0.25, 0.3) is 0 Å². The first-order chi connectivity index (χ1) is 4.70. The molecule has 0 fully saturated rings. The van der Waals surface area contributed by atoms with Gasteiger partial charge in [-0.1, -0.05) is 0 Å². The van der Waals surface area contributed by atoms with Gasteiger partial charge in [-0.2, -0.15) is 0 Å². The molecule has 0 aliphatic heterocycles. The fourth-order valence-electron chi connectivity index (χ4n) is 0.637. The van der Waals surface area contributed by atoms with Crippen molar-refractivity contribution in [3.05, 3.63) is 30.1 Å². The number of carbonyl (C=O) groups is 1. The second-order valence-electron chi connectivity index (χ2n) is 2.04. The van der Waals surface area contributed by atoms with Crippen LogP contribution in [0, 0.1) is 0 Å². The van der Waals surface area contributed by atoms with Crippen LogP contribution in [0.4, 0.5) is 0 Å². The maximum Gasteiger partial charge on any atom is 0.386 e. The molecule has 51 valence electrons. The molecule has 0 N–H and O–H groups in total. The van der Waals surface area contributed by atoms with Crippen molar-refractivity contribution in [2.75, 3.05) is 0 Å². The van der Waals surface area contributed by atoms with E-state index in [1.807, 2.05) is 7.05 Å². The van der Waals surface area contributed by atoms with E-state index in [1.165, 1.54) is 12.1 Å². The third kappa shape index (κ3) is 1.31. The summed E-state index contributed by atoms with van der Waals surface area (Å²) >= 11 is 0. The minimum absolute atomic E-state index is 0.207. The smallest absolute Gasteiger partial charge is 0.241 e. The van der Waals surface area contributed by atoms with Crippen molar-refractivity contribution in [2.24, 2.45) is 7.05 Å². The molecule has 0 aromatic carbocycles. The van der Waals surface area contributed by atoms with E-state index < -0.39 is 5.97 Å². The summed E-state index contributed by atoms with van der Waals surface area (Å²) in [6.45, 7) is 0. The van der Waals surface area contributed by atoms with Crippen LogP contribution in [0.1, 0.15) is 10.4 Å². The maximum absolute atomic E-state index is 10.2. The van der Waals surface area contributed by atoms with Crippen LogP contribution < -0.4 is 4.57 Å². The monoisotopic (exact) mass is 137 g/mol. The number of pyridine rings is 1. The van der Waals surface area contributed by atoms with Crippen LogP contribution in [0.25, 0.3) is 0 Å². The Morgan fingerprint density at radius 1 is 1.40 bits per heavy atom. The first kappa shape index (κ1) is 6.74. The molecule has 0 saturated heterocycles. The van der Waals surface area contributed by atoms with Crippen LogP contribution in [0.15, 0.2) is 24.5 Å². The number of rotatable bonds is 1. The molecule has 0 amide bonds. The molecule has 1 radical (unpaired) electrons. The molecular weight excluding hydrogens is 130 g/mol. The molecule has 1 heterocycles. The number of hydrogen-bond acceptors (Lipinski definition) is 1. The van der Waals surface area contributed by atoms with Gasteiger partial charge in [-0.25, -0.2) is 14.5 Å². The average Bonchev–Trinajstić information content (AvgIpc) is 1.88. The number of carbonyl (C=O) groups excluding carboxylic acids is 1. The van der Waals surface area contributed by atoms with Crippen LogP contribution in [0.2, 0.25) is 0 Å². The van der Waals surface area contributed by atoms with Crippen LogP contribution in [-0.4, -0.2) is 5.97 Å². The molecule has 0 aliphatic rings. The van der Waals surface area contributed by atoms with Crippen molar-refractivity contribution in [2.45, 2.75) is 0 Å². The van der Waals surface area contributed by atoms with E-state index in [0.29, 0.717) is 0 Å². The van der Waals surface area contributed by atoms with Crippen molar-refractivity contribution < 1.29 is 14.5 Å². The summed E-state index contributed by atoms with van der Waals surface area (Å²) in [5.41, 5.74) is 0.207. The highest BCUT2D eigenvalue weighted by Gasteiger charge is 2.04. The Bertz CT molecular complexity index is 240. The second-order valence-corrected chi connectivity index (χ2v) is 2.04. The minimum Gasteiger partial charge on any atom is -0.241 e. The van der Waals surface area contributed by atoms with Gasteiger partial charge in [-0.3, -0.25) is 0 Å². The topological polar surface area (TPSA) is 40.8 Å². The second kappa shape index (κ2) is 2.47. The molecule has 0 aliphatic carbocycles. The number of hydrogen-bond donors (Lipinski definition) is 0. The quantitative estimate of drug-likeness (QED) is 0.505. The van der Waals surface area contributed by atoms with E-state index in [1.54, 1.807) is 17.0 Å². The number of aromatic nitrogens is 1. The lowest BCUT2D eigenvalue weighted by Gasteiger charge is -1.86. The van der Waals surface area contributed by atoms with Crippen molar-refractivity contribution in [1.82, 2.24) is 0 Å². The van der Waals surface area contributed by atoms with Crippen molar-refractivity contribution in [3.63, 3.8) is 0 Å². The fourth-order valence-corrected chi connectivity index (χ4v) is 0.637. The van der Waals surface area contributed by atoms with Gasteiger partial charge < -0.3 is 0 Å². The van der Waals surface area contributed by atoms with E-state index in [9.17, 15) is 9.90 Å². The summed E-state index contributed by atoms with van der Waals surface area (Å²) in [6, 6.07) is 2.99. The fraction of sp³-hybridized carbons (Fsp3) is 0.143. The van der Waals surface area contributed by atoms with Crippen LogP contribution in [0.5, 0.6) is 0 Å². The molecule has 10 heavy (non-hydrogen) atoms. The SMILES string of the molecule is C[n+]1ccc(C([O])=O)cc1. The molecular formula is C7H7NO2+. The van der Waals surface area contributed by atoms with E-state index >= 15 is 0 Å². The molecule has 1 aromatic rings. The Kier molecular flexibility index (Phi) is 1.67. The first-order valence-electron chi connectivity index (χ1n) is 2.87. The third-order valence-corrected chi connectivity index (χ3v) is 1.21. The molecule has 3 nitrogen and oxygen atoms in total. The lowest BCUT2D eigenvalue weighted by atomic mass is 10.3. The van der Waals surface area contributed by atoms with Gasteiger partial charge in [0.05, 0.1) is 5.56 Å². The van der Waals surface area contributed by atoms with Crippen molar-refractivity contribution in [1.29, 1.82) is 0 Å². The van der Waals surface area contributed by atoms with E-state index in [0.717, 1.165) is 0 Å². The van der Waals surface area contributed by atoms with Crippen molar-refractivity contribution in [3.8, 4) is 0 Å². The number of nitrogens with zero attached hydrogens (tertiary/aromatic N) is 1. The van der Waals surface area contributed by atoms with Gasteiger partial charge in [0.2, 0.25) is 0 Å². The minimum atomic E-state index is -1.14. The van der Waals surface area contributed by atoms with Gasteiger partial charge in [-0.15, -0.1) is 0 Å². The van der Waals surface area contributed by atoms with Crippen molar-refractivity contribution >= 4 is 5.97 Å². The lowest BCUT2D eigenvalue weighted by molar-refractivity contribution is -0.671. The Balaban J connectivity index is 3.00. The number of aryl methyl sites for hydroxylation is 1. The molecule has 0 bridgehead atoms. The normalized spacial score (nSPS) is 9.30. The average molecular weight is 137 g/mol. The van der Waals surface area contributed by atoms with Gasteiger partial charge in [0, 0.05) is 12.1 Å². The Hall–Kier alpha value is -1.38. The summed E-state index contributed by atoms with van der Waals surface area (Å²) < 4.78 is 1.76. The van der Waals surface area contributed by atoms with Crippen LogP contribution >= 0.6 is 0 Å². The highest BCUT2D eigenvalue weighted by Crippen LogP contribution is 1.93. The largest absolute Gasteiger partial charge is 0.386 e. The Morgan fingerprint density at radius 2 is 1.90 bits per heavy atom. The highest BCUT2D eigenvalue weighted by atomic mass is 16.4. The molecule has 1 rings (SSSR count). The zero-order valence-corrected chi connectivity index (χ0v) is 5.57.